The molecule has 112 valence electrons. The SMILES string of the molecule is C[C@H]1C=CCC2CN(C(=O)CNC(=O)C(F)(F)F)C[C@@H]21. The maximum absolute atomic E-state index is 12.0. The first-order valence-electron chi connectivity index (χ1n) is 6.58. The van der Waals surface area contributed by atoms with Gasteiger partial charge in [0, 0.05) is 13.1 Å². The van der Waals surface area contributed by atoms with Crippen LogP contribution in [0.3, 0.4) is 0 Å². The second-order valence-corrected chi connectivity index (χ2v) is 5.43. The zero-order valence-electron chi connectivity index (χ0n) is 11.1. The summed E-state index contributed by atoms with van der Waals surface area (Å²) in [5.74, 6) is -1.42. The maximum Gasteiger partial charge on any atom is 0.471 e. The normalized spacial score (nSPS) is 29.2. The standard InChI is InChI=1S/C13H17F3N2O2/c1-8-3-2-4-9-6-18(7-10(8)9)11(19)5-17-12(20)13(14,15)16/h2-3,8-10H,4-7H2,1H3,(H,17,20)/t8-,9?,10+/m0/s1. The molecule has 2 aliphatic rings. The van der Waals surface area contributed by atoms with E-state index in [1.807, 2.05) is 0 Å². The number of rotatable bonds is 2. The number of amides is 2. The lowest BCUT2D eigenvalue weighted by Crippen LogP contribution is -2.44. The number of halogens is 3. The van der Waals surface area contributed by atoms with Gasteiger partial charge in [-0.2, -0.15) is 13.2 Å². The molecule has 1 fully saturated rings. The van der Waals surface area contributed by atoms with E-state index >= 15 is 0 Å². The monoisotopic (exact) mass is 290 g/mol. The summed E-state index contributed by atoms with van der Waals surface area (Å²) in [6, 6.07) is 0. The molecule has 2 amide bonds. The second-order valence-electron chi connectivity index (χ2n) is 5.43. The van der Waals surface area contributed by atoms with Gasteiger partial charge in [-0.05, 0) is 24.2 Å². The summed E-state index contributed by atoms with van der Waals surface area (Å²) in [6.07, 6.45) is 0.150. The van der Waals surface area contributed by atoms with Gasteiger partial charge >= 0.3 is 12.1 Å². The molecule has 0 saturated carbocycles. The van der Waals surface area contributed by atoms with E-state index < -0.39 is 24.5 Å². The molecule has 2 rings (SSSR count). The van der Waals surface area contributed by atoms with Gasteiger partial charge in [0.15, 0.2) is 0 Å². The number of carbonyl (C=O) groups excluding carboxylic acids is 2. The predicted molar refractivity (Wildman–Crippen MR) is 65.5 cm³/mol. The number of hydrogen-bond acceptors (Lipinski definition) is 2. The van der Waals surface area contributed by atoms with Crippen LogP contribution in [0.2, 0.25) is 0 Å². The Labute approximate surface area is 115 Å². The first-order valence-corrected chi connectivity index (χ1v) is 6.58. The van der Waals surface area contributed by atoms with Gasteiger partial charge in [-0.15, -0.1) is 0 Å². The van der Waals surface area contributed by atoms with E-state index in [-0.39, 0.29) is 0 Å². The van der Waals surface area contributed by atoms with Gasteiger partial charge in [0.25, 0.3) is 0 Å². The Hall–Kier alpha value is -1.53. The Kier molecular flexibility index (Phi) is 4.06. The molecule has 0 aromatic heterocycles. The van der Waals surface area contributed by atoms with Crippen LogP contribution in [-0.2, 0) is 9.59 Å². The first kappa shape index (κ1) is 14.9. The molecule has 7 heteroatoms. The lowest BCUT2D eigenvalue weighted by atomic mass is 9.79. The third kappa shape index (κ3) is 3.13. The van der Waals surface area contributed by atoms with Crippen LogP contribution in [0.15, 0.2) is 12.2 Å². The fraction of sp³-hybridized carbons (Fsp3) is 0.692. The molecule has 1 saturated heterocycles. The third-order valence-electron chi connectivity index (χ3n) is 4.06. The minimum absolute atomic E-state index is 0.363. The summed E-state index contributed by atoms with van der Waals surface area (Å²) in [6.45, 7) is 2.59. The predicted octanol–water partition coefficient (Wildman–Crippen LogP) is 1.34. The van der Waals surface area contributed by atoms with Crippen LogP contribution < -0.4 is 5.32 Å². The number of likely N-dealkylation sites (tertiary alicyclic amines) is 1. The molecule has 0 radical (unpaired) electrons. The summed E-state index contributed by atoms with van der Waals surface area (Å²) in [5.41, 5.74) is 0. The van der Waals surface area contributed by atoms with Gasteiger partial charge < -0.3 is 10.2 Å². The van der Waals surface area contributed by atoms with Gasteiger partial charge in [0.1, 0.15) is 0 Å². The van der Waals surface area contributed by atoms with E-state index in [0.717, 1.165) is 6.42 Å². The van der Waals surface area contributed by atoms with Crippen LogP contribution in [0, 0.1) is 17.8 Å². The average molecular weight is 290 g/mol. The lowest BCUT2D eigenvalue weighted by Gasteiger charge is -2.25. The van der Waals surface area contributed by atoms with Crippen LogP contribution in [-0.4, -0.2) is 42.5 Å². The number of fused-ring (bicyclic) bond motifs is 1. The van der Waals surface area contributed by atoms with E-state index in [0.29, 0.717) is 30.8 Å². The Morgan fingerprint density at radius 3 is 2.65 bits per heavy atom. The quantitative estimate of drug-likeness (QED) is 0.780. The summed E-state index contributed by atoms with van der Waals surface area (Å²) in [5, 5.41) is 1.62. The van der Waals surface area contributed by atoms with Crippen molar-refractivity contribution < 1.29 is 22.8 Å². The summed E-state index contributed by atoms with van der Waals surface area (Å²) < 4.78 is 36.1. The third-order valence-corrected chi connectivity index (χ3v) is 4.06. The van der Waals surface area contributed by atoms with E-state index in [2.05, 4.69) is 19.1 Å². The maximum atomic E-state index is 12.0. The van der Waals surface area contributed by atoms with E-state index in [1.54, 1.807) is 10.2 Å². The van der Waals surface area contributed by atoms with Gasteiger partial charge in [-0.3, -0.25) is 9.59 Å². The van der Waals surface area contributed by atoms with Crippen molar-refractivity contribution in [1.29, 1.82) is 0 Å². The van der Waals surface area contributed by atoms with Crippen molar-refractivity contribution in [3.63, 3.8) is 0 Å². The van der Waals surface area contributed by atoms with Gasteiger partial charge in [-0.25, -0.2) is 0 Å². The molecule has 3 atom stereocenters. The van der Waals surface area contributed by atoms with Gasteiger partial charge in [0.05, 0.1) is 6.54 Å². The molecular weight excluding hydrogens is 273 g/mol. The van der Waals surface area contributed by atoms with Gasteiger partial charge in [0.2, 0.25) is 5.91 Å². The molecule has 0 bridgehead atoms. The Balaban J connectivity index is 1.85. The van der Waals surface area contributed by atoms with Crippen LogP contribution in [0.1, 0.15) is 13.3 Å². The summed E-state index contributed by atoms with van der Waals surface area (Å²) >= 11 is 0. The van der Waals surface area contributed by atoms with Crippen LogP contribution >= 0.6 is 0 Å². The highest BCUT2D eigenvalue weighted by Crippen LogP contribution is 2.36. The molecule has 1 aliphatic heterocycles. The number of nitrogens with zero attached hydrogens (tertiary/aromatic N) is 1. The summed E-state index contributed by atoms with van der Waals surface area (Å²) in [4.78, 5) is 24.1. The van der Waals surface area contributed by atoms with Crippen LogP contribution in [0.5, 0.6) is 0 Å². The first-order chi connectivity index (χ1) is 9.29. The number of alkyl halides is 3. The highest BCUT2D eigenvalue weighted by atomic mass is 19.4. The zero-order valence-corrected chi connectivity index (χ0v) is 11.1. The molecule has 1 heterocycles. The fourth-order valence-electron chi connectivity index (χ4n) is 2.92. The summed E-state index contributed by atoms with van der Waals surface area (Å²) in [7, 11) is 0. The van der Waals surface area contributed by atoms with E-state index in [4.69, 9.17) is 0 Å². The number of hydrogen-bond donors (Lipinski definition) is 1. The highest BCUT2D eigenvalue weighted by molar-refractivity contribution is 5.87. The van der Waals surface area contributed by atoms with Crippen molar-refractivity contribution in [3.8, 4) is 0 Å². The molecule has 20 heavy (non-hydrogen) atoms. The van der Waals surface area contributed by atoms with Crippen molar-refractivity contribution in [3.05, 3.63) is 12.2 Å². The second kappa shape index (κ2) is 5.46. The lowest BCUT2D eigenvalue weighted by molar-refractivity contribution is -0.174. The fourth-order valence-corrected chi connectivity index (χ4v) is 2.92. The Morgan fingerprint density at radius 2 is 2.05 bits per heavy atom. The minimum atomic E-state index is -4.95. The molecule has 1 N–H and O–H groups in total. The van der Waals surface area contributed by atoms with Crippen molar-refractivity contribution in [2.75, 3.05) is 19.6 Å². The van der Waals surface area contributed by atoms with Crippen molar-refractivity contribution >= 4 is 11.8 Å². The number of allylic oxidation sites excluding steroid dienone is 2. The molecule has 1 unspecified atom stereocenters. The average Bonchev–Trinajstić information content (AvgIpc) is 2.79. The largest absolute Gasteiger partial charge is 0.471 e. The Morgan fingerprint density at radius 1 is 1.35 bits per heavy atom. The topological polar surface area (TPSA) is 49.4 Å². The van der Waals surface area contributed by atoms with Crippen LogP contribution in [0.25, 0.3) is 0 Å². The van der Waals surface area contributed by atoms with Crippen molar-refractivity contribution in [2.45, 2.75) is 19.5 Å². The number of carbonyl (C=O) groups is 2. The molecular formula is C13H17F3N2O2. The molecule has 0 aromatic carbocycles. The smallest absolute Gasteiger partial charge is 0.341 e. The molecule has 0 spiro atoms. The van der Waals surface area contributed by atoms with E-state index in [9.17, 15) is 22.8 Å². The minimum Gasteiger partial charge on any atom is -0.341 e. The van der Waals surface area contributed by atoms with Crippen molar-refractivity contribution in [1.82, 2.24) is 10.2 Å². The molecule has 4 nitrogen and oxygen atoms in total. The Bertz CT molecular complexity index is 434. The molecule has 0 aromatic rings. The van der Waals surface area contributed by atoms with Crippen molar-refractivity contribution in [2.24, 2.45) is 17.8 Å². The van der Waals surface area contributed by atoms with E-state index in [1.165, 1.54) is 0 Å². The molecule has 1 aliphatic carbocycles. The zero-order chi connectivity index (χ0) is 14.9. The van der Waals surface area contributed by atoms with Crippen LogP contribution in [0.4, 0.5) is 13.2 Å². The number of nitrogens with one attached hydrogen (secondary N) is 1. The highest BCUT2D eigenvalue weighted by Gasteiger charge is 2.40. The van der Waals surface area contributed by atoms with Gasteiger partial charge in [-0.1, -0.05) is 19.1 Å².